The fraction of sp³-hybridized carbons (Fsp3) is 0.462. The number of Topliss-reactive ketones (excluding diaryl/α,β-unsaturated/α-hetero) is 1. The number of urea groups is 1. The van der Waals surface area contributed by atoms with E-state index in [1.165, 1.54) is 19.1 Å². The number of halogens is 1. The largest absolute Gasteiger partial charge is 0.387 e. The second kappa shape index (κ2) is 11.4. The number of carbonyl (C=O) groups is 2. The van der Waals surface area contributed by atoms with Gasteiger partial charge in [-0.1, -0.05) is 31.2 Å². The monoisotopic (exact) mass is 455 g/mol. The number of β-amino-alcohol motifs (C(OH)–C–C–N with tert-alkyl or cyclic N) is 1. The van der Waals surface area contributed by atoms with Crippen LogP contribution in [0.3, 0.4) is 0 Å². The summed E-state index contributed by atoms with van der Waals surface area (Å²) in [5, 5.41) is 16.6. The van der Waals surface area contributed by atoms with Crippen molar-refractivity contribution in [3.8, 4) is 0 Å². The molecule has 0 aromatic heterocycles. The van der Waals surface area contributed by atoms with E-state index in [0.29, 0.717) is 30.1 Å². The Morgan fingerprint density at radius 2 is 1.85 bits per heavy atom. The van der Waals surface area contributed by atoms with E-state index in [9.17, 15) is 19.1 Å². The van der Waals surface area contributed by atoms with Crippen LogP contribution in [0.4, 0.5) is 14.9 Å². The molecule has 2 aromatic carbocycles. The molecule has 3 rings (SSSR count). The molecule has 1 saturated heterocycles. The Morgan fingerprint density at radius 1 is 1.15 bits per heavy atom. The Labute approximate surface area is 195 Å². The van der Waals surface area contributed by atoms with Crippen molar-refractivity contribution in [2.45, 2.75) is 45.1 Å². The van der Waals surface area contributed by atoms with Crippen molar-refractivity contribution in [1.29, 1.82) is 0 Å². The van der Waals surface area contributed by atoms with Gasteiger partial charge >= 0.3 is 6.03 Å². The van der Waals surface area contributed by atoms with Crippen molar-refractivity contribution in [3.05, 3.63) is 65.5 Å². The van der Waals surface area contributed by atoms with E-state index < -0.39 is 11.6 Å². The van der Waals surface area contributed by atoms with Crippen molar-refractivity contribution < 1.29 is 19.1 Å². The van der Waals surface area contributed by atoms with Gasteiger partial charge in [-0.2, -0.15) is 0 Å². The van der Waals surface area contributed by atoms with Gasteiger partial charge in [0, 0.05) is 24.3 Å². The van der Waals surface area contributed by atoms with Crippen LogP contribution in [0, 0.1) is 11.7 Å². The first-order valence-electron chi connectivity index (χ1n) is 11.6. The zero-order valence-corrected chi connectivity index (χ0v) is 19.4. The first kappa shape index (κ1) is 24.9. The molecule has 0 bridgehead atoms. The lowest BCUT2D eigenvalue weighted by Crippen LogP contribution is -2.52. The molecular weight excluding hydrogens is 421 g/mol. The number of amides is 2. The van der Waals surface area contributed by atoms with Crippen LogP contribution in [0.25, 0.3) is 0 Å². The van der Waals surface area contributed by atoms with Gasteiger partial charge in [-0.05, 0) is 81.4 Å². The van der Waals surface area contributed by atoms with Crippen LogP contribution in [0.15, 0.2) is 48.5 Å². The minimum absolute atomic E-state index is 0.0687. The first-order chi connectivity index (χ1) is 15.8. The number of carbonyl (C=O) groups excluding carboxylic acids is 2. The molecule has 1 atom stereocenters. The lowest BCUT2D eigenvalue weighted by atomic mass is 9.89. The lowest BCUT2D eigenvalue weighted by Gasteiger charge is -2.38. The molecule has 6 nitrogen and oxygen atoms in total. The third kappa shape index (κ3) is 7.65. The molecule has 7 heteroatoms. The summed E-state index contributed by atoms with van der Waals surface area (Å²) in [5.41, 5.74) is 1.19. The smallest absolute Gasteiger partial charge is 0.319 e. The lowest BCUT2D eigenvalue weighted by molar-refractivity contribution is -0.00554. The Bertz CT molecular complexity index is 942. The van der Waals surface area contributed by atoms with Gasteiger partial charge in [-0.15, -0.1) is 0 Å². The van der Waals surface area contributed by atoms with E-state index in [2.05, 4.69) is 15.5 Å². The van der Waals surface area contributed by atoms with Gasteiger partial charge in [-0.3, -0.25) is 4.79 Å². The maximum Gasteiger partial charge on any atom is 0.319 e. The average Bonchev–Trinajstić information content (AvgIpc) is 2.81. The highest BCUT2D eigenvalue weighted by atomic mass is 19.1. The van der Waals surface area contributed by atoms with Gasteiger partial charge in [0.25, 0.3) is 0 Å². The molecule has 0 aliphatic carbocycles. The maximum atomic E-state index is 13.1. The highest BCUT2D eigenvalue weighted by Gasteiger charge is 2.30. The zero-order valence-electron chi connectivity index (χ0n) is 19.4. The van der Waals surface area contributed by atoms with Crippen molar-refractivity contribution in [3.63, 3.8) is 0 Å². The van der Waals surface area contributed by atoms with Gasteiger partial charge in [0.2, 0.25) is 0 Å². The summed E-state index contributed by atoms with van der Waals surface area (Å²) in [6.45, 7) is 5.80. The molecule has 1 unspecified atom stereocenters. The number of anilines is 1. The summed E-state index contributed by atoms with van der Waals surface area (Å²) >= 11 is 0. The number of benzene rings is 2. The molecule has 1 aliphatic rings. The summed E-state index contributed by atoms with van der Waals surface area (Å²) in [6.07, 6.45) is 3.51. The standard InChI is InChI=1S/C26H34FN3O3/c1-3-26(33,17-28-25(32)29-24-6-4-5-22(16-24)19(2)31)18-30-13-11-21(12-14-30)15-20-7-9-23(27)10-8-20/h4-10,16,21,33H,3,11-15,17-18H2,1-2H3,(H2,28,29,32). The van der Waals surface area contributed by atoms with Crippen LogP contribution in [-0.2, 0) is 6.42 Å². The van der Waals surface area contributed by atoms with Crippen molar-refractivity contribution in [1.82, 2.24) is 10.2 Å². The van der Waals surface area contributed by atoms with Crippen molar-refractivity contribution in [2.75, 3.05) is 31.5 Å². The van der Waals surface area contributed by atoms with Gasteiger partial charge < -0.3 is 20.6 Å². The van der Waals surface area contributed by atoms with Crippen LogP contribution in [0.5, 0.6) is 0 Å². The second-order valence-electron chi connectivity index (χ2n) is 9.07. The molecule has 33 heavy (non-hydrogen) atoms. The normalized spacial score (nSPS) is 16.7. The van der Waals surface area contributed by atoms with E-state index in [4.69, 9.17) is 0 Å². The molecule has 3 N–H and O–H groups in total. The SMILES string of the molecule is CCC(O)(CNC(=O)Nc1cccc(C(C)=O)c1)CN1CCC(Cc2ccc(F)cc2)CC1. The van der Waals surface area contributed by atoms with Crippen LogP contribution >= 0.6 is 0 Å². The summed E-state index contributed by atoms with van der Waals surface area (Å²) in [7, 11) is 0. The van der Waals surface area contributed by atoms with Gasteiger partial charge in [0.15, 0.2) is 5.78 Å². The highest BCUT2D eigenvalue weighted by Crippen LogP contribution is 2.24. The third-order valence-electron chi connectivity index (χ3n) is 6.43. The van der Waals surface area contributed by atoms with Gasteiger partial charge in [0.1, 0.15) is 5.82 Å². The van der Waals surface area contributed by atoms with Gasteiger partial charge in [0.05, 0.1) is 5.60 Å². The predicted octanol–water partition coefficient (Wildman–Crippen LogP) is 4.25. The molecule has 2 amide bonds. The van der Waals surface area contributed by atoms with Crippen molar-refractivity contribution >= 4 is 17.5 Å². The molecule has 2 aromatic rings. The Morgan fingerprint density at radius 3 is 2.48 bits per heavy atom. The van der Waals surface area contributed by atoms with E-state index >= 15 is 0 Å². The van der Waals surface area contributed by atoms with Gasteiger partial charge in [-0.25, -0.2) is 9.18 Å². The summed E-state index contributed by atoms with van der Waals surface area (Å²) in [6, 6.07) is 13.1. The zero-order chi connectivity index (χ0) is 23.8. The number of nitrogens with one attached hydrogen (secondary N) is 2. The maximum absolute atomic E-state index is 13.1. The average molecular weight is 456 g/mol. The molecule has 1 aliphatic heterocycles. The number of likely N-dealkylation sites (tertiary alicyclic amines) is 1. The Balaban J connectivity index is 1.44. The quantitative estimate of drug-likeness (QED) is 0.494. The third-order valence-corrected chi connectivity index (χ3v) is 6.43. The number of hydrogen-bond donors (Lipinski definition) is 3. The molecule has 0 spiro atoms. The molecule has 178 valence electrons. The van der Waals surface area contributed by atoms with E-state index in [1.807, 2.05) is 19.1 Å². The topological polar surface area (TPSA) is 81.7 Å². The number of piperidine rings is 1. The summed E-state index contributed by atoms with van der Waals surface area (Å²) < 4.78 is 13.1. The number of aliphatic hydroxyl groups is 1. The molecule has 1 fully saturated rings. The first-order valence-corrected chi connectivity index (χ1v) is 11.6. The van der Waals surface area contributed by atoms with Crippen LogP contribution in [-0.4, -0.2) is 53.6 Å². The summed E-state index contributed by atoms with van der Waals surface area (Å²) in [4.78, 5) is 26.1. The number of rotatable bonds is 9. The number of nitrogens with zero attached hydrogens (tertiary/aromatic N) is 1. The van der Waals surface area contributed by atoms with Crippen LogP contribution in [0.1, 0.15) is 49.0 Å². The summed E-state index contributed by atoms with van der Waals surface area (Å²) in [5.74, 6) is 0.274. The van der Waals surface area contributed by atoms with E-state index in [0.717, 1.165) is 37.9 Å². The fourth-order valence-electron chi connectivity index (χ4n) is 4.25. The highest BCUT2D eigenvalue weighted by molar-refractivity contribution is 5.96. The van der Waals surface area contributed by atoms with E-state index in [-0.39, 0.29) is 18.1 Å². The molecule has 0 saturated carbocycles. The molecule has 0 radical (unpaired) electrons. The van der Waals surface area contributed by atoms with Crippen LogP contribution < -0.4 is 10.6 Å². The molecule has 1 heterocycles. The molecular formula is C26H34FN3O3. The predicted molar refractivity (Wildman–Crippen MR) is 128 cm³/mol. The van der Waals surface area contributed by atoms with Crippen molar-refractivity contribution in [2.24, 2.45) is 5.92 Å². The number of ketones is 1. The Kier molecular flexibility index (Phi) is 8.58. The minimum Gasteiger partial charge on any atom is -0.387 e. The van der Waals surface area contributed by atoms with E-state index in [1.54, 1.807) is 24.3 Å². The number of hydrogen-bond acceptors (Lipinski definition) is 4. The minimum atomic E-state index is -1.03. The fourth-order valence-corrected chi connectivity index (χ4v) is 4.25. The van der Waals surface area contributed by atoms with Crippen LogP contribution in [0.2, 0.25) is 0 Å². The Hall–Kier alpha value is -2.77. The second-order valence-corrected chi connectivity index (χ2v) is 9.07.